The van der Waals surface area contributed by atoms with E-state index in [9.17, 15) is 4.79 Å². The maximum atomic E-state index is 11.7. The number of carbonyl (C=O) groups excluding carboxylic acids is 1. The van der Waals surface area contributed by atoms with E-state index in [0.29, 0.717) is 19.3 Å². The van der Waals surface area contributed by atoms with E-state index in [1.165, 1.54) is 0 Å². The minimum absolute atomic E-state index is 0.0987. The molecule has 2 aliphatic rings. The fourth-order valence-electron chi connectivity index (χ4n) is 2.06. The summed E-state index contributed by atoms with van der Waals surface area (Å²) in [6.07, 6.45) is 2.25. The number of rotatable bonds is 2. The standard InChI is InChI=1S/C10H18N2O2/c1-7-4-8(5-7)12-10(13)9-6-14-3-2-11-9/h7-9,11H,2-6H2,1H3,(H,12,13). The van der Waals surface area contributed by atoms with Crippen LogP contribution in [0.3, 0.4) is 0 Å². The first kappa shape index (κ1) is 9.93. The number of ether oxygens (including phenoxy) is 1. The molecule has 4 nitrogen and oxygen atoms in total. The highest BCUT2D eigenvalue weighted by molar-refractivity contribution is 5.82. The van der Waals surface area contributed by atoms with E-state index in [0.717, 1.165) is 25.3 Å². The predicted molar refractivity (Wildman–Crippen MR) is 52.9 cm³/mol. The molecule has 0 spiro atoms. The lowest BCUT2D eigenvalue weighted by Crippen LogP contribution is -2.55. The molecule has 1 amide bonds. The lowest BCUT2D eigenvalue weighted by atomic mass is 9.82. The second-order valence-corrected chi connectivity index (χ2v) is 4.36. The lowest BCUT2D eigenvalue weighted by molar-refractivity contribution is -0.127. The van der Waals surface area contributed by atoms with Gasteiger partial charge in [-0.1, -0.05) is 6.92 Å². The molecule has 1 aliphatic carbocycles. The van der Waals surface area contributed by atoms with Gasteiger partial charge in [0.2, 0.25) is 5.91 Å². The summed E-state index contributed by atoms with van der Waals surface area (Å²) in [5, 5.41) is 6.18. The van der Waals surface area contributed by atoms with Gasteiger partial charge in [0.05, 0.1) is 13.2 Å². The van der Waals surface area contributed by atoms with Gasteiger partial charge in [-0.3, -0.25) is 4.79 Å². The van der Waals surface area contributed by atoms with Crippen LogP contribution in [-0.2, 0) is 9.53 Å². The molecule has 0 radical (unpaired) electrons. The van der Waals surface area contributed by atoms with Crippen molar-refractivity contribution in [3.63, 3.8) is 0 Å². The van der Waals surface area contributed by atoms with Crippen LogP contribution in [0, 0.1) is 5.92 Å². The van der Waals surface area contributed by atoms with Crippen molar-refractivity contribution < 1.29 is 9.53 Å². The summed E-state index contributed by atoms with van der Waals surface area (Å²) < 4.78 is 5.23. The molecule has 1 atom stereocenters. The molecule has 80 valence electrons. The summed E-state index contributed by atoms with van der Waals surface area (Å²) in [6, 6.07) is 0.265. The van der Waals surface area contributed by atoms with Crippen LogP contribution in [-0.4, -0.2) is 37.7 Å². The third-order valence-corrected chi connectivity index (χ3v) is 2.96. The lowest BCUT2D eigenvalue weighted by Gasteiger charge is -2.35. The Morgan fingerprint density at radius 1 is 1.50 bits per heavy atom. The molecule has 14 heavy (non-hydrogen) atoms. The van der Waals surface area contributed by atoms with Crippen molar-refractivity contribution in [1.82, 2.24) is 10.6 Å². The van der Waals surface area contributed by atoms with Crippen molar-refractivity contribution in [2.75, 3.05) is 19.8 Å². The van der Waals surface area contributed by atoms with Crippen LogP contribution in [0.2, 0.25) is 0 Å². The quantitative estimate of drug-likeness (QED) is 0.651. The Balaban J connectivity index is 1.71. The number of morpholine rings is 1. The maximum Gasteiger partial charge on any atom is 0.239 e. The third kappa shape index (κ3) is 2.25. The summed E-state index contributed by atoms with van der Waals surface area (Å²) in [4.78, 5) is 11.7. The first-order valence-corrected chi connectivity index (χ1v) is 5.37. The maximum absolute atomic E-state index is 11.7. The van der Waals surface area contributed by atoms with Gasteiger partial charge in [0, 0.05) is 12.6 Å². The average Bonchev–Trinajstić information content (AvgIpc) is 2.17. The average molecular weight is 198 g/mol. The first-order chi connectivity index (χ1) is 6.75. The SMILES string of the molecule is CC1CC(NC(=O)C2COCCN2)C1. The molecular weight excluding hydrogens is 180 g/mol. The van der Waals surface area contributed by atoms with Crippen LogP contribution in [0.25, 0.3) is 0 Å². The normalized spacial score (nSPS) is 37.4. The molecule has 4 heteroatoms. The minimum Gasteiger partial charge on any atom is -0.378 e. The van der Waals surface area contributed by atoms with Crippen LogP contribution in [0.4, 0.5) is 0 Å². The van der Waals surface area contributed by atoms with Gasteiger partial charge in [0.15, 0.2) is 0 Å². The Hall–Kier alpha value is -0.610. The zero-order chi connectivity index (χ0) is 9.97. The van der Waals surface area contributed by atoms with Crippen molar-refractivity contribution in [1.29, 1.82) is 0 Å². The highest BCUT2D eigenvalue weighted by atomic mass is 16.5. The summed E-state index contributed by atoms with van der Waals surface area (Å²) in [5.74, 6) is 0.873. The van der Waals surface area contributed by atoms with Crippen LogP contribution >= 0.6 is 0 Å². The molecule has 0 bridgehead atoms. The Bertz CT molecular complexity index is 208. The minimum atomic E-state index is -0.139. The molecule has 0 aromatic heterocycles. The van der Waals surface area contributed by atoms with E-state index in [1.54, 1.807) is 0 Å². The summed E-state index contributed by atoms with van der Waals surface area (Å²) >= 11 is 0. The summed E-state index contributed by atoms with van der Waals surface area (Å²) in [7, 11) is 0. The van der Waals surface area contributed by atoms with Gasteiger partial charge in [-0.25, -0.2) is 0 Å². The third-order valence-electron chi connectivity index (χ3n) is 2.96. The van der Waals surface area contributed by atoms with E-state index in [4.69, 9.17) is 4.74 Å². The molecule has 1 saturated heterocycles. The Kier molecular flexibility index (Phi) is 3.03. The second kappa shape index (κ2) is 4.28. The van der Waals surface area contributed by atoms with Gasteiger partial charge in [-0.05, 0) is 18.8 Å². The summed E-state index contributed by atoms with van der Waals surface area (Å²) in [6.45, 7) is 4.21. The Morgan fingerprint density at radius 3 is 2.86 bits per heavy atom. The van der Waals surface area contributed by atoms with Gasteiger partial charge < -0.3 is 15.4 Å². The topological polar surface area (TPSA) is 50.4 Å². The van der Waals surface area contributed by atoms with Gasteiger partial charge >= 0.3 is 0 Å². The van der Waals surface area contributed by atoms with E-state index >= 15 is 0 Å². The molecule has 2 N–H and O–H groups in total. The highest BCUT2D eigenvalue weighted by Gasteiger charge is 2.29. The van der Waals surface area contributed by atoms with Gasteiger partial charge in [0.25, 0.3) is 0 Å². The zero-order valence-corrected chi connectivity index (χ0v) is 8.58. The molecule has 0 aromatic carbocycles. The largest absolute Gasteiger partial charge is 0.378 e. The zero-order valence-electron chi connectivity index (χ0n) is 8.58. The van der Waals surface area contributed by atoms with E-state index < -0.39 is 0 Å². The summed E-state index contributed by atoms with van der Waals surface area (Å²) in [5.41, 5.74) is 0. The van der Waals surface area contributed by atoms with Gasteiger partial charge in [-0.2, -0.15) is 0 Å². The number of nitrogens with one attached hydrogen (secondary N) is 2. The molecule has 1 unspecified atom stereocenters. The molecule has 2 rings (SSSR count). The fraction of sp³-hybridized carbons (Fsp3) is 0.900. The van der Waals surface area contributed by atoms with E-state index in [2.05, 4.69) is 17.6 Å². The Morgan fingerprint density at radius 2 is 2.29 bits per heavy atom. The van der Waals surface area contributed by atoms with Crippen molar-refractivity contribution in [3.8, 4) is 0 Å². The van der Waals surface area contributed by atoms with Crippen LogP contribution in [0.1, 0.15) is 19.8 Å². The fourth-order valence-corrected chi connectivity index (χ4v) is 2.06. The molecule has 0 aromatic rings. The number of carbonyl (C=O) groups is 1. The van der Waals surface area contributed by atoms with E-state index in [1.807, 2.05) is 0 Å². The molecule has 1 saturated carbocycles. The van der Waals surface area contributed by atoms with Crippen molar-refractivity contribution in [2.24, 2.45) is 5.92 Å². The van der Waals surface area contributed by atoms with Crippen molar-refractivity contribution in [2.45, 2.75) is 31.8 Å². The molecular formula is C10H18N2O2. The van der Waals surface area contributed by atoms with Gasteiger partial charge in [-0.15, -0.1) is 0 Å². The Labute approximate surface area is 84.4 Å². The molecule has 1 heterocycles. The van der Waals surface area contributed by atoms with E-state index in [-0.39, 0.29) is 11.9 Å². The number of hydrogen-bond donors (Lipinski definition) is 2. The monoisotopic (exact) mass is 198 g/mol. The van der Waals surface area contributed by atoms with Crippen molar-refractivity contribution in [3.05, 3.63) is 0 Å². The smallest absolute Gasteiger partial charge is 0.239 e. The molecule has 1 aliphatic heterocycles. The van der Waals surface area contributed by atoms with Crippen LogP contribution < -0.4 is 10.6 Å². The second-order valence-electron chi connectivity index (χ2n) is 4.36. The van der Waals surface area contributed by atoms with Crippen LogP contribution in [0.15, 0.2) is 0 Å². The van der Waals surface area contributed by atoms with Gasteiger partial charge in [0.1, 0.15) is 6.04 Å². The number of amides is 1. The van der Waals surface area contributed by atoms with Crippen LogP contribution in [0.5, 0.6) is 0 Å². The number of hydrogen-bond acceptors (Lipinski definition) is 3. The highest BCUT2D eigenvalue weighted by Crippen LogP contribution is 2.26. The van der Waals surface area contributed by atoms with Crippen molar-refractivity contribution >= 4 is 5.91 Å². The predicted octanol–water partition coefficient (Wildman–Crippen LogP) is -0.110. The first-order valence-electron chi connectivity index (χ1n) is 5.37. The molecule has 2 fully saturated rings.